The maximum Gasteiger partial charge on any atom is 0.312 e. The summed E-state index contributed by atoms with van der Waals surface area (Å²) in [4.78, 5) is 26.1. The SMILES string of the molecule is CC1(C)CCC2(C(=O)O)C(O)CC3(C)C(=CCC4C5(C)CCC(OC6OC(CO)C(O)C(O)C6O)C(C)(C=O)C5CCC43C)C2C1. The number of carboxylic acid groups (broad SMARTS) is 1. The molecule has 5 fully saturated rings. The summed E-state index contributed by atoms with van der Waals surface area (Å²) in [5.74, 6) is -0.987. The van der Waals surface area contributed by atoms with Gasteiger partial charge in [0.1, 0.15) is 36.1 Å². The predicted molar refractivity (Wildman–Crippen MR) is 167 cm³/mol. The van der Waals surface area contributed by atoms with Crippen LogP contribution in [0.1, 0.15) is 99.3 Å². The Bertz CT molecular complexity index is 1270. The number of aliphatic hydroxyl groups excluding tert-OH is 5. The van der Waals surface area contributed by atoms with E-state index in [0.717, 1.165) is 44.8 Å². The standard InChI is InChI=1S/C36H56O10/c1-31(2)13-14-36(30(43)44)20(15-31)19-7-8-23-32(3)11-10-25(46-29-28(42)27(41)26(40)21(17-37)45-29)33(4,18-38)22(32)9-12-34(23,5)35(19,6)16-24(36)39/h7,18,20-29,37,39-42H,8-17H2,1-6H3,(H,43,44). The second-order valence-corrected chi connectivity index (χ2v) is 17.6. The fraction of sp³-hybridized carbons (Fsp3) is 0.889. The molecule has 10 nitrogen and oxygen atoms in total. The Balaban J connectivity index is 1.33. The van der Waals surface area contributed by atoms with Crippen LogP contribution in [0.4, 0.5) is 0 Å². The van der Waals surface area contributed by atoms with Gasteiger partial charge >= 0.3 is 5.97 Å². The molecule has 0 radical (unpaired) electrons. The van der Waals surface area contributed by atoms with E-state index in [-0.39, 0.29) is 34.0 Å². The smallest absolute Gasteiger partial charge is 0.312 e. The van der Waals surface area contributed by atoms with Crippen LogP contribution in [-0.2, 0) is 19.1 Å². The minimum atomic E-state index is -1.56. The van der Waals surface area contributed by atoms with Crippen LogP contribution in [0.2, 0.25) is 0 Å². The van der Waals surface area contributed by atoms with Crippen LogP contribution in [0.3, 0.4) is 0 Å². The number of rotatable bonds is 5. The lowest BCUT2D eigenvalue weighted by atomic mass is 9.33. The Kier molecular flexibility index (Phi) is 8.28. The first kappa shape index (κ1) is 34.5. The maximum atomic E-state index is 13.1. The Morgan fingerprint density at radius 3 is 2.26 bits per heavy atom. The molecule has 1 saturated heterocycles. The van der Waals surface area contributed by atoms with Crippen molar-refractivity contribution in [2.45, 2.75) is 142 Å². The Morgan fingerprint density at radius 2 is 1.63 bits per heavy atom. The average Bonchev–Trinajstić information content (AvgIpc) is 2.98. The molecule has 15 atom stereocenters. The van der Waals surface area contributed by atoms with Crippen LogP contribution in [0.15, 0.2) is 11.6 Å². The van der Waals surface area contributed by atoms with E-state index >= 15 is 0 Å². The highest BCUT2D eigenvalue weighted by Gasteiger charge is 2.72. The van der Waals surface area contributed by atoms with Crippen LogP contribution in [-0.4, -0.2) is 92.4 Å². The molecule has 0 aromatic heterocycles. The largest absolute Gasteiger partial charge is 0.481 e. The summed E-state index contributed by atoms with van der Waals surface area (Å²) in [5, 5.41) is 63.5. The van der Waals surface area contributed by atoms with Gasteiger partial charge in [-0.05, 0) is 97.2 Å². The van der Waals surface area contributed by atoms with Crippen molar-refractivity contribution in [1.29, 1.82) is 0 Å². The molecule has 1 aliphatic heterocycles. The number of aliphatic hydroxyl groups is 5. The molecule has 0 aromatic rings. The molecule has 0 bridgehead atoms. The van der Waals surface area contributed by atoms with Crippen LogP contribution in [0.5, 0.6) is 0 Å². The topological polar surface area (TPSA) is 174 Å². The fourth-order valence-corrected chi connectivity index (χ4v) is 12.2. The number of hydrogen-bond donors (Lipinski definition) is 6. The zero-order valence-electron chi connectivity index (χ0n) is 28.3. The second-order valence-electron chi connectivity index (χ2n) is 17.6. The molecule has 15 unspecified atom stereocenters. The Hall–Kier alpha value is -1.40. The van der Waals surface area contributed by atoms with Crippen molar-refractivity contribution in [2.24, 2.45) is 50.2 Å². The number of ether oxygens (including phenoxy) is 2. The van der Waals surface area contributed by atoms with E-state index in [1.54, 1.807) is 0 Å². The van der Waals surface area contributed by atoms with Crippen molar-refractivity contribution < 1.29 is 49.7 Å². The minimum absolute atomic E-state index is 0.0189. The van der Waals surface area contributed by atoms with Crippen molar-refractivity contribution in [2.75, 3.05) is 6.61 Å². The third-order valence-corrected chi connectivity index (χ3v) is 15.1. The van der Waals surface area contributed by atoms with E-state index < -0.39 is 71.7 Å². The van der Waals surface area contributed by atoms with E-state index in [1.165, 1.54) is 5.57 Å². The summed E-state index contributed by atoms with van der Waals surface area (Å²) < 4.78 is 12.0. The van der Waals surface area contributed by atoms with Crippen LogP contribution >= 0.6 is 0 Å². The number of carboxylic acids is 1. The lowest BCUT2D eigenvalue weighted by Crippen LogP contribution is -2.68. The number of carbonyl (C=O) groups is 2. The molecule has 260 valence electrons. The van der Waals surface area contributed by atoms with Gasteiger partial charge in [0.2, 0.25) is 0 Å². The number of hydrogen-bond acceptors (Lipinski definition) is 9. The first-order chi connectivity index (χ1) is 21.4. The van der Waals surface area contributed by atoms with E-state index in [9.17, 15) is 40.2 Å². The quantitative estimate of drug-likeness (QED) is 0.148. The number of aliphatic carboxylic acids is 1. The van der Waals surface area contributed by atoms with Crippen LogP contribution in [0.25, 0.3) is 0 Å². The fourth-order valence-electron chi connectivity index (χ4n) is 12.2. The van der Waals surface area contributed by atoms with E-state index in [1.807, 2.05) is 6.92 Å². The minimum Gasteiger partial charge on any atom is -0.481 e. The summed E-state index contributed by atoms with van der Waals surface area (Å²) in [6.45, 7) is 12.7. The number of carbonyl (C=O) groups excluding carboxylic acids is 1. The van der Waals surface area contributed by atoms with E-state index in [0.29, 0.717) is 19.3 Å². The van der Waals surface area contributed by atoms with Crippen molar-refractivity contribution in [1.82, 2.24) is 0 Å². The van der Waals surface area contributed by atoms with Gasteiger partial charge in [-0.3, -0.25) is 4.79 Å². The summed E-state index contributed by atoms with van der Waals surface area (Å²) in [5.41, 5.74) is -1.80. The molecule has 6 aliphatic rings. The molecule has 46 heavy (non-hydrogen) atoms. The molecule has 4 saturated carbocycles. The zero-order chi connectivity index (χ0) is 33.8. The van der Waals surface area contributed by atoms with Gasteiger partial charge in [-0.1, -0.05) is 53.2 Å². The number of aldehydes is 1. The zero-order valence-corrected chi connectivity index (χ0v) is 28.3. The van der Waals surface area contributed by atoms with Gasteiger partial charge in [0.15, 0.2) is 6.29 Å². The lowest BCUT2D eigenvalue weighted by molar-refractivity contribution is -0.327. The van der Waals surface area contributed by atoms with Gasteiger partial charge in [-0.25, -0.2) is 0 Å². The third-order valence-electron chi connectivity index (χ3n) is 15.1. The molecular weight excluding hydrogens is 592 g/mol. The molecule has 0 spiro atoms. The highest BCUT2D eigenvalue weighted by molar-refractivity contribution is 5.77. The Labute approximate surface area is 272 Å². The van der Waals surface area contributed by atoms with Crippen molar-refractivity contribution in [3.8, 4) is 0 Å². The Morgan fingerprint density at radius 1 is 0.935 bits per heavy atom. The van der Waals surface area contributed by atoms with Gasteiger partial charge < -0.3 is 44.9 Å². The third kappa shape index (κ3) is 4.46. The van der Waals surface area contributed by atoms with Gasteiger partial charge in [0.25, 0.3) is 0 Å². The molecule has 1 heterocycles. The van der Waals surface area contributed by atoms with Crippen LogP contribution in [0, 0.1) is 50.2 Å². The number of allylic oxidation sites excluding steroid dienone is 2. The normalized spacial score (nSPS) is 54.7. The predicted octanol–water partition coefficient (Wildman–Crippen LogP) is 3.21. The van der Waals surface area contributed by atoms with Crippen LogP contribution < -0.4 is 0 Å². The molecule has 0 amide bonds. The summed E-state index contributed by atoms with van der Waals surface area (Å²) in [7, 11) is 0. The van der Waals surface area contributed by atoms with Crippen molar-refractivity contribution >= 4 is 12.3 Å². The molecule has 6 rings (SSSR count). The maximum absolute atomic E-state index is 13.1. The van der Waals surface area contributed by atoms with Gasteiger partial charge in [-0.15, -0.1) is 0 Å². The molecule has 6 N–H and O–H groups in total. The molecular formula is C36H56O10. The summed E-state index contributed by atoms with van der Waals surface area (Å²) in [6.07, 6.45) is 0.720. The monoisotopic (exact) mass is 648 g/mol. The summed E-state index contributed by atoms with van der Waals surface area (Å²) >= 11 is 0. The van der Waals surface area contributed by atoms with Gasteiger partial charge in [0.05, 0.1) is 24.2 Å². The van der Waals surface area contributed by atoms with Crippen molar-refractivity contribution in [3.05, 3.63) is 11.6 Å². The first-order valence-corrected chi connectivity index (χ1v) is 17.4. The number of fused-ring (bicyclic) bond motifs is 7. The highest BCUT2D eigenvalue weighted by Crippen LogP contribution is 2.75. The van der Waals surface area contributed by atoms with Crippen molar-refractivity contribution in [3.63, 3.8) is 0 Å². The highest BCUT2D eigenvalue weighted by atomic mass is 16.7. The molecule has 10 heteroatoms. The lowest BCUT2D eigenvalue weighted by Gasteiger charge is -2.71. The van der Waals surface area contributed by atoms with Gasteiger partial charge in [0, 0.05) is 0 Å². The molecule has 5 aliphatic carbocycles. The summed E-state index contributed by atoms with van der Waals surface area (Å²) in [6, 6.07) is 0. The van der Waals surface area contributed by atoms with E-state index in [4.69, 9.17) is 9.47 Å². The van der Waals surface area contributed by atoms with Gasteiger partial charge in [-0.2, -0.15) is 0 Å². The average molecular weight is 649 g/mol. The second kappa shape index (κ2) is 11.1. The van der Waals surface area contributed by atoms with E-state index in [2.05, 4.69) is 40.7 Å². The molecule has 0 aromatic carbocycles. The first-order valence-electron chi connectivity index (χ1n) is 17.4.